The second kappa shape index (κ2) is 4.29. The maximum absolute atomic E-state index is 3.70. The van der Waals surface area contributed by atoms with E-state index in [1.54, 1.807) is 0 Å². The molecule has 0 amide bonds. The van der Waals surface area contributed by atoms with Gasteiger partial charge in [-0.15, -0.1) is 0 Å². The average Bonchev–Trinajstić information content (AvgIpc) is 1.59. The van der Waals surface area contributed by atoms with Crippen LogP contribution in [0, 0.1) is 13.3 Å². The van der Waals surface area contributed by atoms with Crippen LogP contribution in [-0.2, 0) is 0 Å². The molecular weight excluding hydrogens is 300 g/mol. The van der Waals surface area contributed by atoms with Gasteiger partial charge < -0.3 is 0 Å². The van der Waals surface area contributed by atoms with Crippen molar-refractivity contribution in [3.63, 3.8) is 0 Å². The summed E-state index contributed by atoms with van der Waals surface area (Å²) in [6.07, 6.45) is 3.99. The van der Waals surface area contributed by atoms with Crippen LogP contribution in [0.3, 0.4) is 0 Å². The second-order valence-electron chi connectivity index (χ2n) is 1.39. The van der Waals surface area contributed by atoms with E-state index in [1.807, 2.05) is 0 Å². The van der Waals surface area contributed by atoms with Gasteiger partial charge in [-0.25, -0.2) is 0 Å². The molecule has 0 fully saturated rings. The number of unbranched alkanes of at least 4 members (excludes halogenated alkanes) is 1. The Bertz CT molecular complexity index is 55.2. The van der Waals surface area contributed by atoms with Gasteiger partial charge in [0.25, 0.3) is 0 Å². The second-order valence-corrected chi connectivity index (χ2v) is 8.33. The number of hydrogen-bond acceptors (Lipinski definition) is 0. The summed E-state index contributed by atoms with van der Waals surface area (Å²) in [5, 5.41) is 0. The Morgan fingerprint density at radius 2 is 1.88 bits per heavy atom. The molecule has 48 valence electrons. The molecule has 0 rings (SSSR count). The van der Waals surface area contributed by atoms with Gasteiger partial charge in [-0.2, -0.15) is 0 Å². The summed E-state index contributed by atoms with van der Waals surface area (Å²) in [7, 11) is 0. The summed E-state index contributed by atoms with van der Waals surface area (Å²) in [4.78, 5) is 0. The van der Waals surface area contributed by atoms with Crippen LogP contribution in [0.4, 0.5) is 0 Å². The summed E-state index contributed by atoms with van der Waals surface area (Å²) in [5.41, 5.74) is 0. The first-order valence-corrected chi connectivity index (χ1v) is 4.64. The van der Waals surface area contributed by atoms with E-state index < -0.39 is 0 Å². The van der Waals surface area contributed by atoms with Gasteiger partial charge in [0.05, 0.1) is 0 Å². The van der Waals surface area contributed by atoms with E-state index in [0.29, 0.717) is 0 Å². The predicted octanol–water partition coefficient (Wildman–Crippen LogP) is 3.64. The quantitative estimate of drug-likeness (QED) is 0.683. The van der Waals surface area contributed by atoms with Crippen molar-refractivity contribution in [2.24, 2.45) is 0 Å². The van der Waals surface area contributed by atoms with E-state index in [1.165, 1.54) is 0 Å². The topological polar surface area (TPSA) is 0 Å². The molecule has 0 atom stereocenters. The molecule has 0 unspecified atom stereocenters. The van der Waals surface area contributed by atoms with E-state index in [4.69, 9.17) is 0 Å². The van der Waals surface area contributed by atoms with E-state index >= 15 is 0 Å². The van der Waals surface area contributed by atoms with Crippen molar-refractivity contribution in [2.45, 2.75) is 15.0 Å². The standard InChI is InChI=1S/C5H7Br3/c1-2-3-4-5(6,7)8/h4H,1-3H2. The van der Waals surface area contributed by atoms with Crippen LogP contribution < -0.4 is 0 Å². The monoisotopic (exact) mass is 304 g/mol. The minimum Gasteiger partial charge on any atom is -0.0596 e. The van der Waals surface area contributed by atoms with Crippen molar-refractivity contribution in [3.8, 4) is 0 Å². The summed E-state index contributed by atoms with van der Waals surface area (Å²) in [6, 6.07) is 0. The highest BCUT2D eigenvalue weighted by Gasteiger charge is 2.15. The highest BCUT2D eigenvalue weighted by molar-refractivity contribution is 9.39. The van der Waals surface area contributed by atoms with Gasteiger partial charge in [0.1, 0.15) is 2.14 Å². The van der Waals surface area contributed by atoms with Crippen molar-refractivity contribution < 1.29 is 0 Å². The van der Waals surface area contributed by atoms with Gasteiger partial charge in [0.2, 0.25) is 0 Å². The molecule has 0 nitrogen and oxygen atoms in total. The Kier molecular flexibility index (Phi) is 5.06. The van der Waals surface area contributed by atoms with Crippen molar-refractivity contribution >= 4 is 47.8 Å². The van der Waals surface area contributed by atoms with Crippen LogP contribution in [0.5, 0.6) is 0 Å². The lowest BCUT2D eigenvalue weighted by Crippen LogP contribution is -1.98. The fourth-order valence-corrected chi connectivity index (χ4v) is 0.952. The molecule has 0 heterocycles. The van der Waals surface area contributed by atoms with Crippen molar-refractivity contribution in [2.75, 3.05) is 0 Å². The van der Waals surface area contributed by atoms with Crippen LogP contribution in [0.1, 0.15) is 12.8 Å². The Hall–Kier alpha value is 1.44. The number of alkyl halides is 3. The Balaban J connectivity index is 3.11. The van der Waals surface area contributed by atoms with Crippen LogP contribution in [0.25, 0.3) is 0 Å². The zero-order valence-corrected chi connectivity index (χ0v) is 9.09. The molecule has 0 saturated heterocycles. The highest BCUT2D eigenvalue weighted by Crippen LogP contribution is 2.37. The van der Waals surface area contributed by atoms with Gasteiger partial charge >= 0.3 is 0 Å². The molecule has 0 aliphatic rings. The molecule has 0 N–H and O–H groups in total. The van der Waals surface area contributed by atoms with Gasteiger partial charge in [-0.3, -0.25) is 0 Å². The molecule has 0 aliphatic heterocycles. The minimum absolute atomic E-state index is 0.176. The third kappa shape index (κ3) is 7.44. The fourth-order valence-electron chi connectivity index (χ4n) is 0.266. The maximum atomic E-state index is 3.70. The first-order chi connectivity index (χ1) is 3.56. The van der Waals surface area contributed by atoms with Crippen LogP contribution >= 0.6 is 47.8 Å². The normalized spacial score (nSPS) is 12.0. The van der Waals surface area contributed by atoms with Crippen molar-refractivity contribution in [1.29, 1.82) is 0 Å². The Morgan fingerprint density at radius 3 is 2.00 bits per heavy atom. The summed E-state index contributed by atoms with van der Waals surface area (Å²) in [6.45, 7) is 3.70. The van der Waals surface area contributed by atoms with Crippen LogP contribution in [0.15, 0.2) is 0 Å². The number of hydrogen-bond donors (Lipinski definition) is 0. The third-order valence-corrected chi connectivity index (χ3v) is 1.55. The van der Waals surface area contributed by atoms with Crippen molar-refractivity contribution in [1.82, 2.24) is 0 Å². The fraction of sp³-hybridized carbons (Fsp3) is 0.600. The maximum Gasteiger partial charge on any atom is 0.138 e. The Labute approximate surface area is 75.8 Å². The van der Waals surface area contributed by atoms with Gasteiger partial charge in [0.15, 0.2) is 0 Å². The average molecular weight is 307 g/mol. The van der Waals surface area contributed by atoms with Gasteiger partial charge in [-0.1, -0.05) is 61.1 Å². The third-order valence-electron chi connectivity index (χ3n) is 0.580. The lowest BCUT2D eigenvalue weighted by atomic mass is 10.3. The summed E-state index contributed by atoms with van der Waals surface area (Å²) < 4.78 is -0.176. The van der Waals surface area contributed by atoms with E-state index in [-0.39, 0.29) is 2.14 Å². The molecule has 0 aliphatic carbocycles. The van der Waals surface area contributed by atoms with E-state index in [2.05, 4.69) is 61.1 Å². The first-order valence-electron chi connectivity index (χ1n) is 2.26. The summed E-state index contributed by atoms with van der Waals surface area (Å²) in [5.74, 6) is 0. The van der Waals surface area contributed by atoms with Crippen LogP contribution in [-0.4, -0.2) is 2.14 Å². The number of rotatable bonds is 2. The van der Waals surface area contributed by atoms with Crippen molar-refractivity contribution in [3.05, 3.63) is 13.3 Å². The van der Waals surface area contributed by atoms with E-state index in [9.17, 15) is 0 Å². The molecule has 0 aromatic heterocycles. The van der Waals surface area contributed by atoms with Gasteiger partial charge in [0, 0.05) is 0 Å². The molecule has 0 saturated carbocycles. The number of halogens is 3. The molecule has 0 aromatic carbocycles. The smallest absolute Gasteiger partial charge is 0.0596 e. The zero-order chi connectivity index (χ0) is 6.62. The highest BCUT2D eigenvalue weighted by atomic mass is 80.0. The SMILES string of the molecule is [CH2]CC[CH]C(Br)(Br)Br. The van der Waals surface area contributed by atoms with Crippen LogP contribution in [0.2, 0.25) is 0 Å². The molecule has 2 radical (unpaired) electrons. The molecule has 0 bridgehead atoms. The largest absolute Gasteiger partial charge is 0.138 e. The van der Waals surface area contributed by atoms with E-state index in [0.717, 1.165) is 12.8 Å². The molecule has 0 spiro atoms. The lowest BCUT2D eigenvalue weighted by Gasteiger charge is -2.08. The van der Waals surface area contributed by atoms with Gasteiger partial charge in [-0.05, 0) is 12.8 Å². The molecule has 8 heavy (non-hydrogen) atoms. The zero-order valence-electron chi connectivity index (χ0n) is 4.33. The first kappa shape index (κ1) is 9.44. The molecular formula is C5H7Br3. The lowest BCUT2D eigenvalue weighted by molar-refractivity contribution is 0.961. The Morgan fingerprint density at radius 1 is 1.38 bits per heavy atom. The predicted molar refractivity (Wildman–Crippen MR) is 48.4 cm³/mol. The molecule has 3 heteroatoms. The minimum atomic E-state index is -0.176. The molecule has 0 aromatic rings. The summed E-state index contributed by atoms with van der Waals surface area (Å²) >= 11 is 9.99.